The molecular formula is C10H15NO2S. The maximum atomic E-state index is 11.7. The summed E-state index contributed by atoms with van der Waals surface area (Å²) in [4.78, 5) is 25.0. The molecule has 14 heavy (non-hydrogen) atoms. The average Bonchev–Trinajstić information content (AvgIpc) is 2.46. The summed E-state index contributed by atoms with van der Waals surface area (Å²) in [6.45, 7) is 5.71. The Labute approximate surface area is 89.5 Å². The van der Waals surface area contributed by atoms with E-state index in [-0.39, 0.29) is 23.5 Å². The van der Waals surface area contributed by atoms with Crippen LogP contribution >= 0.6 is 12.2 Å². The molecule has 0 aromatic heterocycles. The summed E-state index contributed by atoms with van der Waals surface area (Å²) >= 11 is 5.09. The van der Waals surface area contributed by atoms with E-state index >= 15 is 0 Å². The van der Waals surface area contributed by atoms with Crippen molar-refractivity contribution in [1.29, 1.82) is 0 Å². The van der Waals surface area contributed by atoms with Gasteiger partial charge in [0.25, 0.3) is 0 Å². The Morgan fingerprint density at radius 2 is 2.07 bits per heavy atom. The first kappa shape index (κ1) is 11.3. The van der Waals surface area contributed by atoms with E-state index in [1.165, 1.54) is 0 Å². The van der Waals surface area contributed by atoms with Gasteiger partial charge in [-0.15, -0.1) is 0 Å². The third kappa shape index (κ3) is 2.18. The van der Waals surface area contributed by atoms with Crippen molar-refractivity contribution in [2.24, 2.45) is 11.8 Å². The number of hydrogen-bond donors (Lipinski definition) is 0. The van der Waals surface area contributed by atoms with Crippen LogP contribution in [0.5, 0.6) is 0 Å². The summed E-state index contributed by atoms with van der Waals surface area (Å²) in [7, 11) is 0. The minimum Gasteiger partial charge on any atom is -0.306 e. The molecule has 1 aliphatic rings. The van der Waals surface area contributed by atoms with E-state index in [9.17, 15) is 9.59 Å². The Kier molecular flexibility index (Phi) is 3.37. The van der Waals surface area contributed by atoms with Gasteiger partial charge in [0.05, 0.1) is 4.99 Å². The fourth-order valence-electron chi connectivity index (χ4n) is 1.50. The molecule has 0 aromatic carbocycles. The van der Waals surface area contributed by atoms with E-state index in [2.05, 4.69) is 0 Å². The number of carbonyl (C=O) groups excluding carboxylic acids is 2. The van der Waals surface area contributed by atoms with Gasteiger partial charge in [-0.1, -0.05) is 26.1 Å². The van der Waals surface area contributed by atoms with Gasteiger partial charge in [-0.3, -0.25) is 9.59 Å². The second-order valence-electron chi connectivity index (χ2n) is 4.01. The number of Topliss-reactive ketones (excluding diaryl/α,β-unsaturated/α-hetero) is 1. The number of hydrogen-bond acceptors (Lipinski definition) is 3. The SMILES string of the molecule is CC(=O)C1CC(=S)N(C(=O)C(C)C)C1. The van der Waals surface area contributed by atoms with E-state index in [1.807, 2.05) is 13.8 Å². The molecule has 1 heterocycles. The molecule has 0 N–H and O–H groups in total. The van der Waals surface area contributed by atoms with Crippen LogP contribution in [-0.2, 0) is 9.59 Å². The molecule has 3 nitrogen and oxygen atoms in total. The molecule has 1 aliphatic heterocycles. The lowest BCUT2D eigenvalue weighted by Gasteiger charge is -2.18. The Morgan fingerprint density at radius 3 is 2.43 bits per heavy atom. The molecule has 0 bridgehead atoms. The third-order valence-corrected chi connectivity index (χ3v) is 2.85. The van der Waals surface area contributed by atoms with Crippen molar-refractivity contribution in [3.8, 4) is 0 Å². The quantitative estimate of drug-likeness (QED) is 0.651. The van der Waals surface area contributed by atoms with Crippen molar-refractivity contribution in [3.63, 3.8) is 0 Å². The smallest absolute Gasteiger partial charge is 0.229 e. The molecule has 0 aliphatic carbocycles. The molecule has 1 unspecified atom stereocenters. The van der Waals surface area contributed by atoms with Crippen LogP contribution in [0, 0.1) is 11.8 Å². The second kappa shape index (κ2) is 4.17. The van der Waals surface area contributed by atoms with Crippen molar-refractivity contribution in [2.75, 3.05) is 6.54 Å². The highest BCUT2D eigenvalue weighted by atomic mass is 32.1. The topological polar surface area (TPSA) is 37.4 Å². The Hall–Kier alpha value is -0.770. The lowest BCUT2D eigenvalue weighted by atomic mass is 10.1. The highest BCUT2D eigenvalue weighted by Crippen LogP contribution is 2.21. The van der Waals surface area contributed by atoms with E-state index in [4.69, 9.17) is 12.2 Å². The maximum Gasteiger partial charge on any atom is 0.229 e. The van der Waals surface area contributed by atoms with E-state index in [0.29, 0.717) is 18.0 Å². The van der Waals surface area contributed by atoms with E-state index in [1.54, 1.807) is 11.8 Å². The highest BCUT2D eigenvalue weighted by molar-refractivity contribution is 7.80. The van der Waals surface area contributed by atoms with Gasteiger partial charge >= 0.3 is 0 Å². The largest absolute Gasteiger partial charge is 0.306 e. The molecule has 1 saturated heterocycles. The zero-order valence-electron chi connectivity index (χ0n) is 8.74. The van der Waals surface area contributed by atoms with Gasteiger partial charge in [-0.2, -0.15) is 0 Å². The fraction of sp³-hybridized carbons (Fsp3) is 0.700. The van der Waals surface area contributed by atoms with Crippen molar-refractivity contribution >= 4 is 28.9 Å². The standard InChI is InChI=1S/C10H15NO2S/c1-6(2)10(13)11-5-8(7(3)12)4-9(11)14/h6,8H,4-5H2,1-3H3. The molecule has 0 spiro atoms. The number of rotatable bonds is 2. The molecule has 0 saturated carbocycles. The maximum absolute atomic E-state index is 11.7. The predicted molar refractivity (Wildman–Crippen MR) is 57.9 cm³/mol. The van der Waals surface area contributed by atoms with Crippen LogP contribution < -0.4 is 0 Å². The lowest BCUT2D eigenvalue weighted by Crippen LogP contribution is -2.35. The van der Waals surface area contributed by atoms with Gasteiger partial charge in [0.1, 0.15) is 5.78 Å². The Morgan fingerprint density at radius 1 is 1.50 bits per heavy atom. The van der Waals surface area contributed by atoms with Gasteiger partial charge in [0.15, 0.2) is 0 Å². The summed E-state index contributed by atoms with van der Waals surface area (Å²) in [6.07, 6.45) is 0.559. The molecule has 1 atom stereocenters. The highest BCUT2D eigenvalue weighted by Gasteiger charge is 2.33. The molecule has 78 valence electrons. The molecule has 0 radical (unpaired) electrons. The summed E-state index contributed by atoms with van der Waals surface area (Å²) in [5.41, 5.74) is 0. The van der Waals surface area contributed by atoms with Gasteiger partial charge in [-0.05, 0) is 6.92 Å². The summed E-state index contributed by atoms with van der Waals surface area (Å²) in [5, 5.41) is 0. The van der Waals surface area contributed by atoms with Gasteiger partial charge in [0, 0.05) is 24.8 Å². The van der Waals surface area contributed by atoms with Crippen LogP contribution in [0.4, 0.5) is 0 Å². The van der Waals surface area contributed by atoms with Crippen LogP contribution in [0.2, 0.25) is 0 Å². The first-order valence-electron chi connectivity index (χ1n) is 4.78. The van der Waals surface area contributed by atoms with Crippen LogP contribution in [0.15, 0.2) is 0 Å². The fourth-order valence-corrected chi connectivity index (χ4v) is 1.87. The minimum absolute atomic E-state index is 0.0266. The minimum atomic E-state index is -0.0785. The first-order valence-corrected chi connectivity index (χ1v) is 5.19. The number of ketones is 1. The molecule has 1 fully saturated rings. The van der Waals surface area contributed by atoms with Gasteiger partial charge in [0.2, 0.25) is 5.91 Å². The Bertz CT molecular complexity index is 286. The van der Waals surface area contributed by atoms with Crippen LogP contribution in [0.25, 0.3) is 0 Å². The number of carbonyl (C=O) groups is 2. The van der Waals surface area contributed by atoms with Crippen molar-refractivity contribution < 1.29 is 9.59 Å². The molecule has 1 rings (SSSR count). The van der Waals surface area contributed by atoms with Crippen LogP contribution in [0.3, 0.4) is 0 Å². The Balaban J connectivity index is 2.70. The molecule has 0 aromatic rings. The number of nitrogens with zero attached hydrogens (tertiary/aromatic N) is 1. The van der Waals surface area contributed by atoms with Gasteiger partial charge in [-0.25, -0.2) is 0 Å². The van der Waals surface area contributed by atoms with Crippen molar-refractivity contribution in [3.05, 3.63) is 0 Å². The second-order valence-corrected chi connectivity index (χ2v) is 4.48. The lowest BCUT2D eigenvalue weighted by molar-refractivity contribution is -0.130. The van der Waals surface area contributed by atoms with Crippen LogP contribution in [-0.4, -0.2) is 28.1 Å². The average molecular weight is 213 g/mol. The van der Waals surface area contributed by atoms with E-state index in [0.717, 1.165) is 0 Å². The molecule has 4 heteroatoms. The zero-order chi connectivity index (χ0) is 10.9. The summed E-state index contributed by atoms with van der Waals surface area (Å²) in [5.74, 6) is 0.00835. The third-order valence-electron chi connectivity index (χ3n) is 2.46. The summed E-state index contributed by atoms with van der Waals surface area (Å²) in [6, 6.07) is 0. The molecule has 1 amide bonds. The zero-order valence-corrected chi connectivity index (χ0v) is 9.56. The van der Waals surface area contributed by atoms with Crippen LogP contribution in [0.1, 0.15) is 27.2 Å². The predicted octanol–water partition coefficient (Wildman–Crippen LogP) is 1.41. The molecular weight excluding hydrogens is 198 g/mol. The number of likely N-dealkylation sites (tertiary alicyclic amines) is 1. The normalized spacial score (nSPS) is 21.9. The number of amides is 1. The van der Waals surface area contributed by atoms with Crippen molar-refractivity contribution in [1.82, 2.24) is 4.90 Å². The van der Waals surface area contributed by atoms with Crippen molar-refractivity contribution in [2.45, 2.75) is 27.2 Å². The van der Waals surface area contributed by atoms with E-state index < -0.39 is 0 Å². The monoisotopic (exact) mass is 213 g/mol. The van der Waals surface area contributed by atoms with Gasteiger partial charge < -0.3 is 4.90 Å². The first-order chi connectivity index (χ1) is 6.43. The summed E-state index contributed by atoms with van der Waals surface area (Å²) < 4.78 is 0. The number of thiocarbonyl (C=S) groups is 1.